The number of nitrogens with zero attached hydrogens (tertiary/aromatic N) is 7. The standard InChI is InChI=1S/C38H23N3.C25H23BN2O2.C19H12BrN.C12H8Br2.C7H5BNO2.H3P.H2/c39-24-26-8-5-9-28(18-26)29-10-6-11-30(21-29)31-12-7-13-32(22-31)33-19-27(25-40)20-34(23-33)41-37-16-3-1-14-35(37)36-15-2-4-17-38(36)41;1-24(2)25(3,4)30-26(29-24)18-13-17(16-27)14-19(15-18)28-22-11-7-5-9-20(22)21-10-6-8-12-23(21)28;20-19-9-3-8-18(12-19)17-7-2-6-16(11-17)15-5-1-4-14(10-15)13-21;13-11-5-1-3-9(7-11)10-4-2-6-12(14)8-10;9-5-6-2-1-3-7(4-6)11-8-10;;/h1-23H;5-15H,1-4H3;1-12H;1-8H;1-4,10H;1H3;1H/i;;;;;;1+1. The van der Waals surface area contributed by atoms with Crippen molar-refractivity contribution in [3.05, 3.63) is 393 Å². The molecule has 18 rings (SSSR count). The lowest BCUT2D eigenvalue weighted by Gasteiger charge is -2.32. The average molecular weight is 1750 g/mol. The van der Waals surface area contributed by atoms with Crippen molar-refractivity contribution < 1.29 is 20.4 Å². The third kappa shape index (κ3) is 19.1. The number of para-hydroxylation sites is 4. The molecule has 571 valence electrons. The summed E-state index contributed by atoms with van der Waals surface area (Å²) in [4.78, 5) is 0. The lowest BCUT2D eigenvalue weighted by atomic mass is 9.78. The molecule has 1 N–H and O–H groups in total. The van der Waals surface area contributed by atoms with Gasteiger partial charge >= 0.3 is 14.8 Å². The first-order valence-corrected chi connectivity index (χ1v) is 39.9. The predicted octanol–water partition coefficient (Wildman–Crippen LogP) is 25.8. The zero-order valence-electron chi connectivity index (χ0n) is 64.8. The molecule has 1 aliphatic heterocycles. The van der Waals surface area contributed by atoms with Crippen LogP contribution < -0.4 is 10.1 Å². The van der Waals surface area contributed by atoms with E-state index in [9.17, 15) is 15.8 Å². The van der Waals surface area contributed by atoms with Gasteiger partial charge in [-0.15, -0.1) is 0 Å². The third-order valence-corrected chi connectivity index (χ3v) is 22.0. The van der Waals surface area contributed by atoms with Gasteiger partial charge in [0, 0.05) is 47.8 Å². The van der Waals surface area contributed by atoms with E-state index in [0.29, 0.717) is 41.3 Å². The molecule has 1 unspecified atom stereocenters. The van der Waals surface area contributed by atoms with Gasteiger partial charge in [-0.2, -0.15) is 36.2 Å². The van der Waals surface area contributed by atoms with Gasteiger partial charge in [0.25, 0.3) is 0 Å². The molecule has 17 aromatic rings. The zero-order valence-corrected chi connectivity index (χ0v) is 71.0. The molecular formula is C101H76B2Br3N7O4P. The fourth-order valence-corrected chi connectivity index (χ4v) is 15.4. The SMILES string of the molecule is Brc1cccc(-c2cccc(Br)c2)c1.CC1(C)OB(c2cc(C#N)cc(-n3c4ccccc4c4ccccc43)c2)OC1(C)C.N#Cc1cccc(-c2cccc(-c3cccc(-c4cc(C#N)cc(-n5c6ccccc6c6ccccc65)c4)c3)c2)c1.N#Cc1cccc(-c2cccc(-c3cccc(Br)c3)c2)c1.N#Cc1cccc(O[B]O)c1.P.[2HH]. The highest BCUT2D eigenvalue weighted by atomic mass is 79.9. The highest BCUT2D eigenvalue weighted by Crippen LogP contribution is 2.40. The van der Waals surface area contributed by atoms with E-state index < -0.39 is 18.3 Å². The van der Waals surface area contributed by atoms with Crippen LogP contribution in [0.2, 0.25) is 0 Å². The highest BCUT2D eigenvalue weighted by Gasteiger charge is 2.52. The van der Waals surface area contributed by atoms with Gasteiger partial charge in [-0.3, -0.25) is 0 Å². The maximum absolute atomic E-state index is 9.99. The van der Waals surface area contributed by atoms with Gasteiger partial charge in [-0.25, -0.2) is 0 Å². The van der Waals surface area contributed by atoms with Crippen LogP contribution in [0.3, 0.4) is 0 Å². The lowest BCUT2D eigenvalue weighted by Crippen LogP contribution is -2.41. The number of nitriles is 5. The molecule has 15 aromatic carbocycles. The fraction of sp³-hybridized carbons (Fsp3) is 0.0594. The number of benzene rings is 15. The molecule has 0 bridgehead atoms. The first kappa shape index (κ1) is 83.0. The maximum Gasteiger partial charge on any atom is 0.569 e. The van der Waals surface area contributed by atoms with Gasteiger partial charge in [0.1, 0.15) is 5.75 Å². The lowest BCUT2D eigenvalue weighted by molar-refractivity contribution is 0.00578. The normalized spacial score (nSPS) is 12.0. The van der Waals surface area contributed by atoms with E-state index in [1.54, 1.807) is 18.2 Å². The van der Waals surface area contributed by atoms with Gasteiger partial charge in [0.15, 0.2) is 0 Å². The second-order valence-corrected chi connectivity index (χ2v) is 31.4. The fourth-order valence-electron chi connectivity index (χ4n) is 14.2. The van der Waals surface area contributed by atoms with Crippen molar-refractivity contribution in [2.75, 3.05) is 0 Å². The largest absolute Gasteiger partial charge is 0.569 e. The Balaban J connectivity index is 0.000000146. The monoisotopic (exact) mass is 1740 g/mol. The smallest absolute Gasteiger partial charge is 0.537 e. The van der Waals surface area contributed by atoms with Crippen molar-refractivity contribution in [3.63, 3.8) is 0 Å². The Morgan fingerprint density at radius 1 is 0.314 bits per heavy atom. The summed E-state index contributed by atoms with van der Waals surface area (Å²) in [6.07, 6.45) is 0. The molecule has 1 atom stereocenters. The molecule has 1 fully saturated rings. The van der Waals surface area contributed by atoms with Crippen LogP contribution >= 0.6 is 57.7 Å². The number of aromatic nitrogens is 2. The molecule has 1 saturated heterocycles. The van der Waals surface area contributed by atoms with E-state index in [1.807, 2.05) is 167 Å². The summed E-state index contributed by atoms with van der Waals surface area (Å²) in [6, 6.07) is 128. The van der Waals surface area contributed by atoms with Crippen LogP contribution in [0.4, 0.5) is 0 Å². The molecule has 118 heavy (non-hydrogen) atoms. The van der Waals surface area contributed by atoms with E-state index in [1.165, 1.54) is 44.3 Å². The summed E-state index contributed by atoms with van der Waals surface area (Å²) >= 11 is 10.4. The Hall–Kier alpha value is -13.0. The van der Waals surface area contributed by atoms with Crippen LogP contribution in [-0.4, -0.2) is 40.2 Å². The molecule has 11 nitrogen and oxygen atoms in total. The molecule has 0 aliphatic carbocycles. The molecule has 0 spiro atoms. The summed E-state index contributed by atoms with van der Waals surface area (Å²) in [5.74, 6) is 0.451. The van der Waals surface area contributed by atoms with Gasteiger partial charge < -0.3 is 28.1 Å². The van der Waals surface area contributed by atoms with E-state index in [2.05, 4.69) is 280 Å². The van der Waals surface area contributed by atoms with E-state index in [0.717, 1.165) is 102 Å². The minimum atomic E-state index is -0.518. The van der Waals surface area contributed by atoms with Crippen LogP contribution in [0.15, 0.2) is 365 Å². The predicted molar refractivity (Wildman–Crippen MR) is 498 cm³/mol. The summed E-state index contributed by atoms with van der Waals surface area (Å²) in [6.45, 7) is 8.15. The van der Waals surface area contributed by atoms with Crippen LogP contribution in [0.1, 0.15) is 56.9 Å². The summed E-state index contributed by atoms with van der Waals surface area (Å²) < 4.78 is 24.9. The maximum atomic E-state index is 9.99. The molecule has 0 saturated carbocycles. The van der Waals surface area contributed by atoms with Crippen molar-refractivity contribution in [3.8, 4) is 114 Å². The summed E-state index contributed by atoms with van der Waals surface area (Å²) in [5, 5.41) is 59.5. The number of rotatable bonds is 11. The number of hydrogen-bond donors (Lipinski definition) is 1. The quantitative estimate of drug-likeness (QED) is 0.0975. The van der Waals surface area contributed by atoms with E-state index in [-0.39, 0.29) is 11.3 Å². The molecule has 3 heterocycles. The summed E-state index contributed by atoms with van der Waals surface area (Å²) in [7, 11) is 0.0615. The van der Waals surface area contributed by atoms with E-state index in [4.69, 9.17) is 24.9 Å². The van der Waals surface area contributed by atoms with Crippen LogP contribution in [0.5, 0.6) is 5.75 Å². The topological polar surface area (TPSA) is 177 Å². The molecular weight excluding hydrogens is 1670 g/mol. The average Bonchev–Trinajstić information content (AvgIpc) is 1.70. The second kappa shape index (κ2) is 37.8. The van der Waals surface area contributed by atoms with Crippen molar-refractivity contribution >= 4 is 122 Å². The van der Waals surface area contributed by atoms with Gasteiger partial charge in [-0.1, -0.05) is 242 Å². The molecule has 1 radical (unpaired) electrons. The number of hydrogen-bond acceptors (Lipinski definition) is 9. The Labute approximate surface area is 718 Å². The van der Waals surface area contributed by atoms with Crippen LogP contribution in [0, 0.1) is 56.7 Å². The van der Waals surface area contributed by atoms with Gasteiger partial charge in [0.05, 0.1) is 91.4 Å². The minimum Gasteiger partial charge on any atom is -0.537 e. The van der Waals surface area contributed by atoms with Crippen molar-refractivity contribution in [1.82, 2.24) is 9.13 Å². The highest BCUT2D eigenvalue weighted by molar-refractivity contribution is 9.11. The minimum absolute atomic E-state index is 0. The van der Waals surface area contributed by atoms with Gasteiger partial charge in [-0.05, 0) is 258 Å². The molecule has 0 amide bonds. The molecule has 1 aliphatic rings. The number of halogens is 3. The zero-order chi connectivity index (χ0) is 81.6. The van der Waals surface area contributed by atoms with Crippen molar-refractivity contribution in [2.24, 2.45) is 0 Å². The Morgan fingerprint density at radius 3 is 0.941 bits per heavy atom. The first-order valence-electron chi connectivity index (χ1n) is 37.6. The van der Waals surface area contributed by atoms with Crippen molar-refractivity contribution in [2.45, 2.75) is 38.9 Å². The Bertz CT molecular complexity index is 6650. The van der Waals surface area contributed by atoms with Crippen molar-refractivity contribution in [1.29, 1.82) is 26.3 Å². The first-order chi connectivity index (χ1) is 56.9. The third-order valence-electron chi connectivity index (χ3n) is 20.5. The second-order valence-electron chi connectivity index (χ2n) is 28.7. The Kier molecular flexibility index (Phi) is 26.6. The van der Waals surface area contributed by atoms with E-state index >= 15 is 0 Å². The molecule has 17 heteroatoms. The number of fused-ring (bicyclic) bond motifs is 6. The molecule has 2 aromatic heterocycles. The summed E-state index contributed by atoms with van der Waals surface area (Å²) in [5.41, 5.74) is 22.6. The van der Waals surface area contributed by atoms with Gasteiger partial charge in [0.2, 0.25) is 0 Å². The van der Waals surface area contributed by atoms with Crippen LogP contribution in [-0.2, 0) is 9.31 Å². The van der Waals surface area contributed by atoms with Crippen LogP contribution in [0.25, 0.3) is 122 Å². The Morgan fingerprint density at radius 2 is 0.593 bits per heavy atom.